The molecule has 0 saturated carbocycles. The van der Waals surface area contributed by atoms with Crippen LogP contribution in [0.1, 0.15) is 19.3 Å². The highest BCUT2D eigenvalue weighted by atomic mass is 32.2. The number of amides is 1. The van der Waals surface area contributed by atoms with E-state index in [1.165, 1.54) is 0 Å². The maximum Gasteiger partial charge on any atom is 0.221 e. The zero-order chi connectivity index (χ0) is 13.0. The third-order valence-electron chi connectivity index (χ3n) is 3.35. The molecule has 1 unspecified atom stereocenters. The maximum absolute atomic E-state index is 11.8. The van der Waals surface area contributed by atoms with Gasteiger partial charge in [-0.05, 0) is 12.8 Å². The first-order chi connectivity index (χ1) is 8.55. The molecule has 2 fully saturated rings. The molecule has 18 heavy (non-hydrogen) atoms. The summed E-state index contributed by atoms with van der Waals surface area (Å²) in [5.41, 5.74) is 0. The minimum atomic E-state index is -2.85. The third-order valence-corrected chi connectivity index (χ3v) is 6.20. The summed E-state index contributed by atoms with van der Waals surface area (Å²) in [6.07, 6.45) is 1.61. The van der Waals surface area contributed by atoms with Crippen LogP contribution >= 0.6 is 11.8 Å². The molecule has 2 saturated heterocycles. The molecule has 0 aromatic heterocycles. The Bertz CT molecular complexity index is 377. The van der Waals surface area contributed by atoms with Crippen molar-refractivity contribution < 1.29 is 13.2 Å². The molecule has 2 N–H and O–H groups in total. The lowest BCUT2D eigenvalue weighted by atomic mass is 10.1. The van der Waals surface area contributed by atoms with Gasteiger partial charge in [-0.2, -0.15) is 11.8 Å². The van der Waals surface area contributed by atoms with Gasteiger partial charge in [0.15, 0.2) is 0 Å². The Balaban J connectivity index is 1.71. The number of nitrogens with one attached hydrogen (secondary N) is 2. The van der Waals surface area contributed by atoms with Crippen LogP contribution in [0.5, 0.6) is 0 Å². The summed E-state index contributed by atoms with van der Waals surface area (Å²) in [6.45, 7) is 0.963. The number of hydrogen-bond acceptors (Lipinski definition) is 5. The van der Waals surface area contributed by atoms with E-state index in [1.807, 2.05) is 11.8 Å². The topological polar surface area (TPSA) is 75.3 Å². The van der Waals surface area contributed by atoms with Gasteiger partial charge < -0.3 is 10.6 Å². The molecule has 0 spiro atoms. The number of carbonyl (C=O) groups excluding carboxylic acids is 1. The summed E-state index contributed by atoms with van der Waals surface area (Å²) in [4.78, 5) is 11.8. The molecule has 2 heterocycles. The number of carbonyl (C=O) groups is 1. The Morgan fingerprint density at radius 2 is 2.06 bits per heavy atom. The van der Waals surface area contributed by atoms with Gasteiger partial charge in [0.1, 0.15) is 9.84 Å². The standard InChI is InChI=1S/C11H20N2O3S2/c14-11(7-10-8-17-4-3-12-10)13-9-1-5-18(15,16)6-2-9/h9-10,12H,1-8H2,(H,13,14). The maximum atomic E-state index is 11.8. The Labute approximate surface area is 112 Å². The van der Waals surface area contributed by atoms with Crippen molar-refractivity contribution >= 4 is 27.5 Å². The van der Waals surface area contributed by atoms with Crippen LogP contribution in [0.2, 0.25) is 0 Å². The van der Waals surface area contributed by atoms with Gasteiger partial charge in [0.05, 0.1) is 11.5 Å². The van der Waals surface area contributed by atoms with E-state index in [4.69, 9.17) is 0 Å². The first-order valence-electron chi connectivity index (χ1n) is 6.36. The second-order valence-electron chi connectivity index (χ2n) is 4.92. The molecular formula is C11H20N2O3S2. The number of sulfone groups is 1. The van der Waals surface area contributed by atoms with E-state index in [9.17, 15) is 13.2 Å². The largest absolute Gasteiger partial charge is 0.353 e. The van der Waals surface area contributed by atoms with Gasteiger partial charge in [-0.25, -0.2) is 8.42 Å². The van der Waals surface area contributed by atoms with E-state index in [2.05, 4.69) is 10.6 Å². The van der Waals surface area contributed by atoms with Crippen LogP contribution in [0.15, 0.2) is 0 Å². The zero-order valence-electron chi connectivity index (χ0n) is 10.4. The van der Waals surface area contributed by atoms with Gasteiger partial charge >= 0.3 is 0 Å². The summed E-state index contributed by atoms with van der Waals surface area (Å²) < 4.78 is 22.5. The lowest BCUT2D eigenvalue weighted by Gasteiger charge is -2.26. The minimum absolute atomic E-state index is 0.0391. The van der Waals surface area contributed by atoms with Gasteiger partial charge in [-0.15, -0.1) is 0 Å². The summed E-state index contributed by atoms with van der Waals surface area (Å²) in [5, 5.41) is 6.27. The summed E-state index contributed by atoms with van der Waals surface area (Å²) in [5.74, 6) is 2.54. The van der Waals surface area contributed by atoms with Crippen LogP contribution in [0, 0.1) is 0 Å². The monoisotopic (exact) mass is 292 g/mol. The van der Waals surface area contributed by atoms with Gasteiger partial charge in [-0.3, -0.25) is 4.79 Å². The molecule has 7 heteroatoms. The van der Waals surface area contributed by atoms with Crippen molar-refractivity contribution in [3.63, 3.8) is 0 Å². The Morgan fingerprint density at radius 1 is 1.33 bits per heavy atom. The van der Waals surface area contributed by atoms with Crippen molar-refractivity contribution in [1.29, 1.82) is 0 Å². The molecule has 0 radical (unpaired) electrons. The Kier molecular flexibility index (Phi) is 4.91. The van der Waals surface area contributed by atoms with E-state index in [1.54, 1.807) is 0 Å². The molecular weight excluding hydrogens is 272 g/mol. The zero-order valence-corrected chi connectivity index (χ0v) is 12.0. The van der Waals surface area contributed by atoms with E-state index in [0.717, 1.165) is 18.1 Å². The smallest absolute Gasteiger partial charge is 0.221 e. The average molecular weight is 292 g/mol. The molecule has 5 nitrogen and oxygen atoms in total. The molecule has 0 aromatic carbocycles. The fourth-order valence-corrected chi connectivity index (χ4v) is 4.74. The fourth-order valence-electron chi connectivity index (χ4n) is 2.30. The molecule has 2 aliphatic rings. The molecule has 0 aliphatic carbocycles. The van der Waals surface area contributed by atoms with Crippen molar-refractivity contribution in [3.8, 4) is 0 Å². The normalized spacial score (nSPS) is 28.8. The van der Waals surface area contributed by atoms with E-state index < -0.39 is 9.84 Å². The third kappa shape index (κ3) is 4.44. The van der Waals surface area contributed by atoms with Crippen LogP contribution in [-0.4, -0.2) is 56.0 Å². The molecule has 1 amide bonds. The van der Waals surface area contributed by atoms with E-state index >= 15 is 0 Å². The number of hydrogen-bond donors (Lipinski definition) is 2. The van der Waals surface area contributed by atoms with E-state index in [-0.39, 0.29) is 29.5 Å². The summed E-state index contributed by atoms with van der Waals surface area (Å²) >= 11 is 1.87. The highest BCUT2D eigenvalue weighted by Gasteiger charge is 2.25. The van der Waals surface area contributed by atoms with Crippen molar-refractivity contribution in [2.45, 2.75) is 31.3 Å². The van der Waals surface area contributed by atoms with Crippen molar-refractivity contribution in [1.82, 2.24) is 10.6 Å². The molecule has 2 aliphatic heterocycles. The Hall–Kier alpha value is -0.270. The van der Waals surface area contributed by atoms with Gasteiger partial charge in [0.25, 0.3) is 0 Å². The SMILES string of the molecule is O=C(CC1CSCCN1)NC1CCS(=O)(=O)CC1. The van der Waals surface area contributed by atoms with Crippen molar-refractivity contribution in [2.24, 2.45) is 0 Å². The number of thioether (sulfide) groups is 1. The quantitative estimate of drug-likeness (QED) is 0.752. The van der Waals surface area contributed by atoms with Crippen LogP contribution in [0.4, 0.5) is 0 Å². The second kappa shape index (κ2) is 6.25. The molecule has 104 valence electrons. The predicted octanol–water partition coefficient (Wildman–Crippen LogP) is -0.225. The Morgan fingerprint density at radius 3 is 2.67 bits per heavy atom. The first-order valence-corrected chi connectivity index (χ1v) is 9.34. The lowest BCUT2D eigenvalue weighted by Crippen LogP contribution is -2.45. The average Bonchev–Trinajstić information content (AvgIpc) is 2.33. The van der Waals surface area contributed by atoms with Crippen LogP contribution in [0.25, 0.3) is 0 Å². The van der Waals surface area contributed by atoms with Crippen LogP contribution in [-0.2, 0) is 14.6 Å². The first kappa shape index (κ1) is 14.1. The molecule has 2 rings (SSSR count). The van der Waals surface area contributed by atoms with Crippen LogP contribution in [0.3, 0.4) is 0 Å². The minimum Gasteiger partial charge on any atom is -0.353 e. The lowest BCUT2D eigenvalue weighted by molar-refractivity contribution is -0.122. The van der Waals surface area contributed by atoms with Gasteiger partial charge in [0.2, 0.25) is 5.91 Å². The second-order valence-corrected chi connectivity index (χ2v) is 8.38. The van der Waals surface area contributed by atoms with Gasteiger partial charge in [0, 0.05) is 36.6 Å². The van der Waals surface area contributed by atoms with Gasteiger partial charge in [-0.1, -0.05) is 0 Å². The van der Waals surface area contributed by atoms with Crippen molar-refractivity contribution in [3.05, 3.63) is 0 Å². The fraction of sp³-hybridized carbons (Fsp3) is 0.909. The summed E-state index contributed by atoms with van der Waals surface area (Å²) in [7, 11) is -2.85. The van der Waals surface area contributed by atoms with Crippen molar-refractivity contribution in [2.75, 3.05) is 29.6 Å². The predicted molar refractivity (Wildman–Crippen MR) is 73.6 cm³/mol. The molecule has 1 atom stereocenters. The molecule has 0 aromatic rings. The highest BCUT2D eigenvalue weighted by Crippen LogP contribution is 2.13. The molecule has 0 bridgehead atoms. The number of rotatable bonds is 3. The van der Waals surface area contributed by atoms with Crippen LogP contribution < -0.4 is 10.6 Å². The summed E-state index contributed by atoms with van der Waals surface area (Å²) in [6, 6.07) is 0.299. The van der Waals surface area contributed by atoms with E-state index in [0.29, 0.717) is 19.3 Å². The highest BCUT2D eigenvalue weighted by molar-refractivity contribution is 7.99.